The lowest BCUT2D eigenvalue weighted by Crippen LogP contribution is -2.31. The standard InChI is InChI=1S/C20H15BrClN3O2S/c21-13-3-1-2-12(8-13)16-9-18(26)25-20(17(16)10-23)28-11-19(27)24-15-6-4-14(22)5-7-15/h1-8,16H,9,11H2,(H,24,27)(H,25,26)/t16-/m0/s1. The quantitative estimate of drug-likeness (QED) is 0.648. The van der Waals surface area contributed by atoms with Crippen LogP contribution in [0, 0.1) is 11.3 Å². The molecule has 2 N–H and O–H groups in total. The van der Waals surface area contributed by atoms with E-state index in [4.69, 9.17) is 11.6 Å². The molecule has 0 aliphatic carbocycles. The number of nitriles is 1. The first-order chi connectivity index (χ1) is 13.5. The fourth-order valence-corrected chi connectivity index (χ4v) is 4.23. The summed E-state index contributed by atoms with van der Waals surface area (Å²) >= 11 is 10.4. The molecule has 2 aromatic carbocycles. The van der Waals surface area contributed by atoms with Crippen LogP contribution >= 0.6 is 39.3 Å². The van der Waals surface area contributed by atoms with Gasteiger partial charge in [-0.15, -0.1) is 0 Å². The molecule has 0 spiro atoms. The number of hydrogen-bond acceptors (Lipinski definition) is 4. The minimum absolute atomic E-state index is 0.0641. The third kappa shape index (κ3) is 5.16. The summed E-state index contributed by atoms with van der Waals surface area (Å²) in [4.78, 5) is 24.4. The number of hydrogen-bond donors (Lipinski definition) is 2. The molecule has 1 aliphatic heterocycles. The van der Waals surface area contributed by atoms with E-state index < -0.39 is 0 Å². The maximum Gasteiger partial charge on any atom is 0.234 e. The molecule has 0 bridgehead atoms. The first kappa shape index (κ1) is 20.5. The van der Waals surface area contributed by atoms with Crippen LogP contribution < -0.4 is 10.6 Å². The van der Waals surface area contributed by atoms with Crippen LogP contribution in [0.1, 0.15) is 17.9 Å². The highest BCUT2D eigenvalue weighted by molar-refractivity contribution is 9.10. The topological polar surface area (TPSA) is 82.0 Å². The highest BCUT2D eigenvalue weighted by atomic mass is 79.9. The van der Waals surface area contributed by atoms with Crippen molar-refractivity contribution in [3.05, 3.63) is 74.2 Å². The van der Waals surface area contributed by atoms with E-state index in [1.807, 2.05) is 24.3 Å². The zero-order chi connectivity index (χ0) is 20.1. The Morgan fingerprint density at radius 2 is 2.07 bits per heavy atom. The van der Waals surface area contributed by atoms with Crippen LogP contribution in [0.2, 0.25) is 5.02 Å². The van der Waals surface area contributed by atoms with Gasteiger partial charge in [0.1, 0.15) is 0 Å². The van der Waals surface area contributed by atoms with Crippen molar-refractivity contribution >= 4 is 56.8 Å². The fourth-order valence-electron chi connectivity index (χ4n) is 2.81. The van der Waals surface area contributed by atoms with Gasteiger partial charge in [0.15, 0.2) is 0 Å². The molecule has 2 amide bonds. The van der Waals surface area contributed by atoms with Crippen molar-refractivity contribution in [1.82, 2.24) is 5.32 Å². The molecule has 5 nitrogen and oxygen atoms in total. The first-order valence-electron chi connectivity index (χ1n) is 8.34. The van der Waals surface area contributed by atoms with Gasteiger partial charge in [-0.1, -0.05) is 51.4 Å². The van der Waals surface area contributed by atoms with Gasteiger partial charge in [-0.25, -0.2) is 0 Å². The normalized spacial score (nSPS) is 16.3. The second-order valence-corrected chi connectivity index (χ2v) is 8.40. The molecule has 142 valence electrons. The number of halogens is 2. The van der Waals surface area contributed by atoms with Gasteiger partial charge in [-0.05, 0) is 42.0 Å². The number of carbonyl (C=O) groups excluding carboxylic acids is 2. The summed E-state index contributed by atoms with van der Waals surface area (Å²) in [7, 11) is 0. The van der Waals surface area contributed by atoms with Crippen LogP contribution in [0.15, 0.2) is 63.6 Å². The Balaban J connectivity index is 1.74. The van der Waals surface area contributed by atoms with Crippen molar-refractivity contribution in [3.8, 4) is 6.07 Å². The number of thioether (sulfide) groups is 1. The maximum atomic E-state index is 12.2. The van der Waals surface area contributed by atoms with E-state index in [1.165, 1.54) is 0 Å². The van der Waals surface area contributed by atoms with Gasteiger partial charge >= 0.3 is 0 Å². The minimum atomic E-state index is -0.335. The molecule has 1 heterocycles. The molecule has 0 unspecified atom stereocenters. The van der Waals surface area contributed by atoms with Crippen LogP contribution in [0.3, 0.4) is 0 Å². The highest BCUT2D eigenvalue weighted by Crippen LogP contribution is 2.36. The lowest BCUT2D eigenvalue weighted by Gasteiger charge is -2.25. The molecule has 1 atom stereocenters. The first-order valence-corrected chi connectivity index (χ1v) is 10.5. The average molecular weight is 477 g/mol. The van der Waals surface area contributed by atoms with E-state index in [-0.39, 0.29) is 29.9 Å². The molecular weight excluding hydrogens is 462 g/mol. The van der Waals surface area contributed by atoms with Gasteiger partial charge in [0.05, 0.1) is 22.4 Å². The van der Waals surface area contributed by atoms with Crippen LogP contribution in [-0.2, 0) is 9.59 Å². The summed E-state index contributed by atoms with van der Waals surface area (Å²) in [5.41, 5.74) is 1.97. The van der Waals surface area contributed by atoms with Gasteiger partial charge in [0.2, 0.25) is 11.8 Å². The Labute approximate surface area is 180 Å². The molecule has 0 fully saturated rings. The lowest BCUT2D eigenvalue weighted by atomic mass is 9.87. The number of nitrogens with one attached hydrogen (secondary N) is 2. The molecule has 0 saturated heterocycles. The summed E-state index contributed by atoms with van der Waals surface area (Å²) in [6.07, 6.45) is 0.195. The van der Waals surface area contributed by atoms with Gasteiger partial charge in [0, 0.05) is 27.5 Å². The molecule has 8 heteroatoms. The van der Waals surface area contributed by atoms with Gasteiger partial charge in [-0.2, -0.15) is 5.26 Å². The second kappa shape index (κ2) is 9.28. The van der Waals surface area contributed by atoms with E-state index in [2.05, 4.69) is 32.6 Å². The summed E-state index contributed by atoms with van der Waals surface area (Å²) in [5.74, 6) is -0.687. The smallest absolute Gasteiger partial charge is 0.234 e. The number of anilines is 1. The summed E-state index contributed by atoms with van der Waals surface area (Å²) in [5, 5.41) is 16.2. The van der Waals surface area contributed by atoms with E-state index in [9.17, 15) is 14.9 Å². The number of allylic oxidation sites excluding steroid dienone is 1. The third-order valence-corrected chi connectivity index (χ3v) is 5.85. The summed E-state index contributed by atoms with van der Waals surface area (Å²) in [6, 6.07) is 16.5. The average Bonchev–Trinajstić information content (AvgIpc) is 2.67. The molecule has 1 aliphatic rings. The van der Waals surface area contributed by atoms with Gasteiger partial charge in [-0.3, -0.25) is 9.59 Å². The number of amides is 2. The molecule has 0 aromatic heterocycles. The predicted molar refractivity (Wildman–Crippen MR) is 115 cm³/mol. The zero-order valence-electron chi connectivity index (χ0n) is 14.5. The van der Waals surface area contributed by atoms with E-state index in [0.29, 0.717) is 21.3 Å². The Kier molecular flexibility index (Phi) is 6.79. The molecule has 0 radical (unpaired) electrons. The largest absolute Gasteiger partial charge is 0.325 e. The van der Waals surface area contributed by atoms with Crippen molar-refractivity contribution in [1.29, 1.82) is 5.26 Å². The molecule has 0 saturated carbocycles. The van der Waals surface area contributed by atoms with Crippen molar-refractivity contribution in [2.45, 2.75) is 12.3 Å². The Bertz CT molecular complexity index is 986. The van der Waals surface area contributed by atoms with Crippen LogP contribution in [0.25, 0.3) is 0 Å². The number of carbonyl (C=O) groups is 2. The molecule has 3 rings (SSSR count). The summed E-state index contributed by atoms with van der Waals surface area (Å²) < 4.78 is 0.879. The van der Waals surface area contributed by atoms with E-state index in [0.717, 1.165) is 21.8 Å². The number of benzene rings is 2. The van der Waals surface area contributed by atoms with Crippen molar-refractivity contribution < 1.29 is 9.59 Å². The molecule has 28 heavy (non-hydrogen) atoms. The van der Waals surface area contributed by atoms with Crippen LogP contribution in [0.5, 0.6) is 0 Å². The Morgan fingerprint density at radius 3 is 2.75 bits per heavy atom. The van der Waals surface area contributed by atoms with Crippen molar-refractivity contribution in [2.24, 2.45) is 0 Å². The Morgan fingerprint density at radius 1 is 1.32 bits per heavy atom. The lowest BCUT2D eigenvalue weighted by molar-refractivity contribution is -0.121. The number of rotatable bonds is 5. The van der Waals surface area contributed by atoms with Gasteiger partial charge in [0.25, 0.3) is 0 Å². The van der Waals surface area contributed by atoms with Gasteiger partial charge < -0.3 is 10.6 Å². The SMILES string of the molecule is N#CC1=C(SCC(=O)Nc2ccc(Cl)cc2)NC(=O)C[C@H]1c1cccc(Br)c1. The van der Waals surface area contributed by atoms with Crippen molar-refractivity contribution in [3.63, 3.8) is 0 Å². The van der Waals surface area contributed by atoms with E-state index >= 15 is 0 Å². The predicted octanol–water partition coefficient (Wildman–Crippen LogP) is 4.81. The van der Waals surface area contributed by atoms with Crippen LogP contribution in [0.4, 0.5) is 5.69 Å². The maximum absolute atomic E-state index is 12.2. The summed E-state index contributed by atoms with van der Waals surface area (Å²) in [6.45, 7) is 0. The minimum Gasteiger partial charge on any atom is -0.325 e. The molecule has 2 aromatic rings. The third-order valence-electron chi connectivity index (χ3n) is 4.08. The highest BCUT2D eigenvalue weighted by Gasteiger charge is 2.30. The van der Waals surface area contributed by atoms with Crippen LogP contribution in [-0.4, -0.2) is 17.6 Å². The fraction of sp³-hybridized carbons (Fsp3) is 0.150. The van der Waals surface area contributed by atoms with E-state index in [1.54, 1.807) is 24.3 Å². The Hall–Kier alpha value is -2.27. The second-order valence-electron chi connectivity index (χ2n) is 6.06. The molecular formula is C20H15BrClN3O2S. The monoisotopic (exact) mass is 475 g/mol. The van der Waals surface area contributed by atoms with Crippen molar-refractivity contribution in [2.75, 3.05) is 11.1 Å². The zero-order valence-corrected chi connectivity index (χ0v) is 17.7. The number of nitrogens with zero attached hydrogens (tertiary/aromatic N) is 1.